The molecule has 0 aliphatic heterocycles. The Bertz CT molecular complexity index is 1360. The maximum Gasteiger partial charge on any atom is 0.206 e. The lowest BCUT2D eigenvalue weighted by atomic mass is 10.2. The van der Waals surface area contributed by atoms with Crippen LogP contribution in [-0.2, 0) is 6.54 Å². The van der Waals surface area contributed by atoms with E-state index >= 15 is 0 Å². The molecule has 1 aromatic heterocycles. The minimum Gasteiger partial charge on any atom is -0.493 e. The molecule has 8 heteroatoms. The fourth-order valence-electron chi connectivity index (χ4n) is 3.46. The van der Waals surface area contributed by atoms with Gasteiger partial charge in [-0.1, -0.05) is 64.5 Å². The van der Waals surface area contributed by atoms with E-state index in [1.165, 1.54) is 0 Å². The smallest absolute Gasteiger partial charge is 0.206 e. The Kier molecular flexibility index (Phi) is 7.82. The van der Waals surface area contributed by atoms with Crippen molar-refractivity contribution in [3.8, 4) is 28.5 Å². The van der Waals surface area contributed by atoms with Crippen molar-refractivity contribution in [2.75, 3.05) is 21.3 Å². The summed E-state index contributed by atoms with van der Waals surface area (Å²) in [6, 6.07) is 21.9. The SMILES string of the molecule is COc1ccc(C=Nn2c(-c3ccccc3Br)csc2=NCc2ccccc2)c(OC)c1OC. The highest BCUT2D eigenvalue weighted by Gasteiger charge is 2.15. The van der Waals surface area contributed by atoms with Crippen LogP contribution in [0.1, 0.15) is 11.1 Å². The van der Waals surface area contributed by atoms with E-state index in [4.69, 9.17) is 24.3 Å². The molecule has 0 aliphatic rings. The molecular weight excluding hydrogens is 514 g/mol. The van der Waals surface area contributed by atoms with Gasteiger partial charge < -0.3 is 14.2 Å². The van der Waals surface area contributed by atoms with E-state index in [2.05, 4.69) is 39.5 Å². The van der Waals surface area contributed by atoms with Crippen molar-refractivity contribution in [3.05, 3.63) is 92.5 Å². The number of benzene rings is 3. The number of aromatic nitrogens is 1. The second kappa shape index (κ2) is 11.2. The van der Waals surface area contributed by atoms with Crippen LogP contribution >= 0.6 is 27.3 Å². The van der Waals surface area contributed by atoms with E-state index < -0.39 is 0 Å². The third-order valence-electron chi connectivity index (χ3n) is 5.12. The van der Waals surface area contributed by atoms with Crippen LogP contribution in [0.15, 0.2) is 86.7 Å². The molecule has 0 bridgehead atoms. The van der Waals surface area contributed by atoms with Gasteiger partial charge in [0.25, 0.3) is 0 Å². The van der Waals surface area contributed by atoms with Gasteiger partial charge in [0.2, 0.25) is 10.6 Å². The van der Waals surface area contributed by atoms with E-state index in [1.54, 1.807) is 38.9 Å². The van der Waals surface area contributed by atoms with Crippen LogP contribution in [0.5, 0.6) is 17.2 Å². The summed E-state index contributed by atoms with van der Waals surface area (Å²) in [6.45, 7) is 0.561. The van der Waals surface area contributed by atoms with E-state index in [9.17, 15) is 0 Å². The van der Waals surface area contributed by atoms with Crippen LogP contribution in [0, 0.1) is 0 Å². The van der Waals surface area contributed by atoms with Crippen LogP contribution < -0.4 is 19.0 Å². The first-order chi connectivity index (χ1) is 16.7. The highest BCUT2D eigenvalue weighted by molar-refractivity contribution is 9.10. The molecule has 0 atom stereocenters. The van der Waals surface area contributed by atoms with Gasteiger partial charge in [-0.15, -0.1) is 11.3 Å². The van der Waals surface area contributed by atoms with Crippen molar-refractivity contribution in [2.24, 2.45) is 10.1 Å². The van der Waals surface area contributed by atoms with Crippen molar-refractivity contribution in [2.45, 2.75) is 6.54 Å². The molecule has 0 spiro atoms. The van der Waals surface area contributed by atoms with Gasteiger partial charge in [-0.05, 0) is 23.8 Å². The quantitative estimate of drug-likeness (QED) is 0.259. The molecule has 4 aromatic rings. The summed E-state index contributed by atoms with van der Waals surface area (Å²) in [5, 5.41) is 6.88. The third kappa shape index (κ3) is 5.08. The van der Waals surface area contributed by atoms with Gasteiger partial charge in [-0.25, -0.2) is 4.68 Å². The Morgan fingerprint density at radius 2 is 1.62 bits per heavy atom. The van der Waals surface area contributed by atoms with E-state index in [0.29, 0.717) is 23.8 Å². The van der Waals surface area contributed by atoms with Gasteiger partial charge in [0.15, 0.2) is 11.5 Å². The molecule has 0 saturated heterocycles. The zero-order valence-electron chi connectivity index (χ0n) is 19.1. The molecule has 1 heterocycles. The molecule has 174 valence electrons. The number of methoxy groups -OCH3 is 3. The Hall–Kier alpha value is -3.36. The number of rotatable bonds is 8. The Balaban J connectivity index is 1.82. The second-order valence-electron chi connectivity index (χ2n) is 7.17. The summed E-state index contributed by atoms with van der Waals surface area (Å²) in [7, 11) is 4.77. The summed E-state index contributed by atoms with van der Waals surface area (Å²) in [6.07, 6.45) is 1.75. The normalized spacial score (nSPS) is 11.7. The molecular formula is C26H24BrN3O3S. The highest BCUT2D eigenvalue weighted by Crippen LogP contribution is 2.39. The molecule has 0 amide bonds. The monoisotopic (exact) mass is 537 g/mol. The molecule has 0 aliphatic carbocycles. The topological polar surface area (TPSA) is 57.3 Å². The van der Waals surface area contributed by atoms with E-state index in [0.717, 1.165) is 31.7 Å². The molecule has 0 saturated carbocycles. The number of hydrogen-bond acceptors (Lipinski definition) is 6. The summed E-state index contributed by atoms with van der Waals surface area (Å²) < 4.78 is 19.4. The summed E-state index contributed by atoms with van der Waals surface area (Å²) in [4.78, 5) is 5.63. The zero-order valence-corrected chi connectivity index (χ0v) is 21.5. The molecule has 0 unspecified atom stereocenters. The van der Waals surface area contributed by atoms with Crippen molar-refractivity contribution in [1.29, 1.82) is 0 Å². The van der Waals surface area contributed by atoms with E-state index in [-0.39, 0.29) is 0 Å². The molecule has 6 nitrogen and oxygen atoms in total. The van der Waals surface area contributed by atoms with Gasteiger partial charge in [0.1, 0.15) is 0 Å². The predicted octanol–water partition coefficient (Wildman–Crippen LogP) is 5.99. The van der Waals surface area contributed by atoms with Gasteiger partial charge in [0.05, 0.1) is 39.8 Å². The van der Waals surface area contributed by atoms with Crippen molar-refractivity contribution in [1.82, 2.24) is 4.68 Å². The highest BCUT2D eigenvalue weighted by atomic mass is 79.9. The average molecular weight is 538 g/mol. The third-order valence-corrected chi connectivity index (χ3v) is 6.67. The predicted molar refractivity (Wildman–Crippen MR) is 140 cm³/mol. The fraction of sp³-hybridized carbons (Fsp3) is 0.154. The molecule has 34 heavy (non-hydrogen) atoms. The largest absolute Gasteiger partial charge is 0.493 e. The maximum absolute atomic E-state index is 5.62. The van der Waals surface area contributed by atoms with Gasteiger partial charge >= 0.3 is 0 Å². The van der Waals surface area contributed by atoms with Crippen molar-refractivity contribution >= 4 is 33.5 Å². The molecule has 0 N–H and O–H groups in total. The van der Waals surface area contributed by atoms with Gasteiger partial charge in [0, 0.05) is 21.0 Å². The minimum atomic E-state index is 0.518. The number of thiazole rings is 1. The first-order valence-electron chi connectivity index (χ1n) is 10.5. The number of nitrogens with zero attached hydrogens (tertiary/aromatic N) is 3. The second-order valence-corrected chi connectivity index (χ2v) is 8.86. The maximum atomic E-state index is 5.62. The van der Waals surface area contributed by atoms with Gasteiger partial charge in [-0.2, -0.15) is 5.10 Å². The zero-order chi connectivity index (χ0) is 23.9. The summed E-state index contributed by atoms with van der Waals surface area (Å²) in [5.41, 5.74) is 3.85. The number of hydrogen-bond donors (Lipinski definition) is 0. The molecule has 3 aromatic carbocycles. The Morgan fingerprint density at radius 1 is 0.882 bits per heavy atom. The Morgan fingerprint density at radius 3 is 2.32 bits per heavy atom. The number of halogens is 1. The summed E-state index contributed by atoms with van der Waals surface area (Å²) in [5.74, 6) is 1.66. The molecule has 4 rings (SSSR count). The lowest BCUT2D eigenvalue weighted by Crippen LogP contribution is -2.12. The summed E-state index contributed by atoms with van der Waals surface area (Å²) >= 11 is 5.21. The van der Waals surface area contributed by atoms with Gasteiger partial charge in [-0.3, -0.25) is 4.99 Å². The van der Waals surface area contributed by atoms with Crippen LogP contribution in [0.2, 0.25) is 0 Å². The molecule has 0 radical (unpaired) electrons. The first kappa shape index (κ1) is 23.8. The van der Waals surface area contributed by atoms with Crippen molar-refractivity contribution < 1.29 is 14.2 Å². The van der Waals surface area contributed by atoms with Crippen LogP contribution in [-0.4, -0.2) is 32.2 Å². The van der Waals surface area contributed by atoms with Crippen LogP contribution in [0.25, 0.3) is 11.3 Å². The standard InChI is InChI=1S/C26H24BrN3O3S/c1-31-23-14-13-19(24(32-2)25(23)33-3)16-29-30-22(20-11-7-8-12-21(20)27)17-34-26(30)28-15-18-9-5-4-6-10-18/h4-14,16-17H,15H2,1-3H3. The lowest BCUT2D eigenvalue weighted by molar-refractivity contribution is 0.324. The number of ether oxygens (including phenoxy) is 3. The first-order valence-corrected chi connectivity index (χ1v) is 12.2. The van der Waals surface area contributed by atoms with E-state index in [1.807, 2.05) is 53.2 Å². The fourth-order valence-corrected chi connectivity index (χ4v) is 4.78. The van der Waals surface area contributed by atoms with Crippen molar-refractivity contribution in [3.63, 3.8) is 0 Å². The minimum absolute atomic E-state index is 0.518. The lowest BCUT2D eigenvalue weighted by Gasteiger charge is -2.13. The molecule has 0 fully saturated rings. The van der Waals surface area contributed by atoms with Crippen LogP contribution in [0.4, 0.5) is 0 Å². The Labute approximate surface area is 210 Å². The van der Waals surface area contributed by atoms with Crippen LogP contribution in [0.3, 0.4) is 0 Å². The average Bonchev–Trinajstić information content (AvgIpc) is 3.28.